The van der Waals surface area contributed by atoms with E-state index >= 15 is 0 Å². The fourth-order valence-corrected chi connectivity index (χ4v) is 2.19. The van der Waals surface area contributed by atoms with Gasteiger partial charge in [0, 0.05) is 18.9 Å². The first-order chi connectivity index (χ1) is 8.19. The van der Waals surface area contributed by atoms with Gasteiger partial charge in [-0.25, -0.2) is 0 Å². The molecule has 1 heterocycles. The van der Waals surface area contributed by atoms with Crippen LogP contribution in [0, 0.1) is 5.92 Å². The third-order valence-electron chi connectivity index (χ3n) is 2.94. The first kappa shape index (κ1) is 14.0. The Bertz CT molecular complexity index is 339. The molecule has 3 nitrogen and oxygen atoms in total. The van der Waals surface area contributed by atoms with Crippen LogP contribution in [0.15, 0.2) is 24.5 Å². The molecule has 1 rings (SSSR count). The smallest absolute Gasteiger partial charge is 0.252 e. The Kier molecular flexibility index (Phi) is 5.98. The monoisotopic (exact) mass is 254 g/mol. The Balaban J connectivity index is 2.43. The normalized spacial score (nSPS) is 12.5. The summed E-state index contributed by atoms with van der Waals surface area (Å²) in [4.78, 5) is 15.6. The van der Waals surface area contributed by atoms with Crippen molar-refractivity contribution in [1.29, 1.82) is 0 Å². The zero-order chi connectivity index (χ0) is 12.7. The minimum absolute atomic E-state index is 0.00868. The minimum Gasteiger partial charge on any atom is -0.350 e. The molecular formula is C13H19ClN2O. The lowest BCUT2D eigenvalue weighted by molar-refractivity contribution is 0.0951. The lowest BCUT2D eigenvalue weighted by atomic mass is 9.99. The number of nitrogens with one attached hydrogen (secondary N) is 1. The molecule has 0 fully saturated rings. The average molecular weight is 255 g/mol. The number of hydrogen-bond acceptors (Lipinski definition) is 2. The molecule has 0 aromatic carbocycles. The van der Waals surface area contributed by atoms with Crippen molar-refractivity contribution in [3.05, 3.63) is 30.1 Å². The molecule has 0 radical (unpaired) electrons. The fourth-order valence-electron chi connectivity index (χ4n) is 1.76. The van der Waals surface area contributed by atoms with Crippen molar-refractivity contribution < 1.29 is 4.79 Å². The molecule has 0 aliphatic carbocycles. The van der Waals surface area contributed by atoms with Crippen molar-refractivity contribution in [2.24, 2.45) is 5.92 Å². The topological polar surface area (TPSA) is 42.0 Å². The van der Waals surface area contributed by atoms with Crippen LogP contribution in [0.2, 0.25) is 0 Å². The molecule has 1 N–H and O–H groups in total. The van der Waals surface area contributed by atoms with Gasteiger partial charge < -0.3 is 5.32 Å². The number of nitrogens with zero attached hydrogens (tertiary/aromatic N) is 1. The number of amides is 1. The van der Waals surface area contributed by atoms with E-state index in [2.05, 4.69) is 24.1 Å². The van der Waals surface area contributed by atoms with Gasteiger partial charge in [0.15, 0.2) is 0 Å². The second-order valence-electron chi connectivity index (χ2n) is 4.04. The number of aromatic nitrogens is 1. The molecule has 1 aromatic heterocycles. The van der Waals surface area contributed by atoms with E-state index in [1.807, 2.05) is 0 Å². The van der Waals surface area contributed by atoms with Crippen molar-refractivity contribution in [1.82, 2.24) is 10.3 Å². The Labute approximate surface area is 108 Å². The largest absolute Gasteiger partial charge is 0.350 e. The molecule has 0 aliphatic rings. The van der Waals surface area contributed by atoms with E-state index in [0.29, 0.717) is 18.0 Å². The van der Waals surface area contributed by atoms with Crippen molar-refractivity contribution in [2.45, 2.75) is 32.1 Å². The molecule has 1 unspecified atom stereocenters. The van der Waals surface area contributed by atoms with Crippen molar-refractivity contribution in [3.8, 4) is 0 Å². The van der Waals surface area contributed by atoms with Gasteiger partial charge in [0.05, 0.1) is 10.9 Å². The van der Waals surface area contributed by atoms with Gasteiger partial charge in [-0.1, -0.05) is 26.7 Å². The van der Waals surface area contributed by atoms with Crippen LogP contribution < -0.4 is 5.32 Å². The molecular weight excluding hydrogens is 236 g/mol. The summed E-state index contributed by atoms with van der Waals surface area (Å²) in [5.74, 6) is 0.334. The zero-order valence-corrected chi connectivity index (χ0v) is 11.1. The van der Waals surface area contributed by atoms with Crippen molar-refractivity contribution in [3.63, 3.8) is 0 Å². The molecule has 1 aromatic rings. The molecule has 1 amide bonds. The standard InChI is InChI=1S/C13H19ClN2O/c1-3-10(4-2)12(14)9-16-13(17)11-6-5-7-15-8-11/h5-8,10,12H,3-4,9H2,1-2H3,(H,16,17). The summed E-state index contributed by atoms with van der Waals surface area (Å²) in [6, 6.07) is 3.48. The van der Waals surface area contributed by atoms with Gasteiger partial charge in [-0.15, -0.1) is 11.6 Å². The summed E-state index contributed by atoms with van der Waals surface area (Å²) in [5.41, 5.74) is 0.570. The predicted molar refractivity (Wildman–Crippen MR) is 70.3 cm³/mol. The van der Waals surface area contributed by atoms with Crippen LogP contribution in [0.5, 0.6) is 0 Å². The predicted octanol–water partition coefficient (Wildman–Crippen LogP) is 2.86. The highest BCUT2D eigenvalue weighted by atomic mass is 35.5. The summed E-state index contributed by atoms with van der Waals surface area (Å²) in [6.45, 7) is 4.74. The average Bonchev–Trinajstić information content (AvgIpc) is 2.38. The van der Waals surface area contributed by atoms with Gasteiger partial charge in [-0.05, 0) is 18.1 Å². The number of hydrogen-bond donors (Lipinski definition) is 1. The van der Waals surface area contributed by atoms with E-state index in [0.717, 1.165) is 12.8 Å². The minimum atomic E-state index is -0.116. The van der Waals surface area contributed by atoms with Gasteiger partial charge >= 0.3 is 0 Å². The maximum Gasteiger partial charge on any atom is 0.252 e. The van der Waals surface area contributed by atoms with E-state index in [1.165, 1.54) is 0 Å². The summed E-state index contributed by atoms with van der Waals surface area (Å²) < 4.78 is 0. The molecule has 0 bridgehead atoms. The summed E-state index contributed by atoms with van der Waals surface area (Å²) >= 11 is 6.25. The first-order valence-electron chi connectivity index (χ1n) is 6.01. The molecule has 94 valence electrons. The number of pyridine rings is 1. The highest BCUT2D eigenvalue weighted by Gasteiger charge is 2.16. The Morgan fingerprint density at radius 2 is 2.18 bits per heavy atom. The van der Waals surface area contributed by atoms with Crippen LogP contribution in [0.3, 0.4) is 0 Å². The van der Waals surface area contributed by atoms with Crippen LogP contribution in [0.4, 0.5) is 0 Å². The highest BCUT2D eigenvalue weighted by Crippen LogP contribution is 2.17. The molecule has 0 saturated carbocycles. The Hall–Kier alpha value is -1.09. The summed E-state index contributed by atoms with van der Waals surface area (Å²) in [5, 5.41) is 2.83. The van der Waals surface area contributed by atoms with Crippen molar-refractivity contribution >= 4 is 17.5 Å². The summed E-state index contributed by atoms with van der Waals surface area (Å²) in [7, 11) is 0. The van der Waals surface area contributed by atoms with E-state index in [4.69, 9.17) is 11.6 Å². The third kappa shape index (κ3) is 4.35. The molecule has 1 atom stereocenters. The highest BCUT2D eigenvalue weighted by molar-refractivity contribution is 6.21. The SMILES string of the molecule is CCC(CC)C(Cl)CNC(=O)c1cccnc1. The Morgan fingerprint density at radius 1 is 1.47 bits per heavy atom. The van der Waals surface area contributed by atoms with Gasteiger partial charge in [-0.3, -0.25) is 9.78 Å². The van der Waals surface area contributed by atoms with E-state index in [-0.39, 0.29) is 11.3 Å². The van der Waals surface area contributed by atoms with Gasteiger partial charge in [0.1, 0.15) is 0 Å². The van der Waals surface area contributed by atoms with Crippen LogP contribution >= 0.6 is 11.6 Å². The van der Waals surface area contributed by atoms with Gasteiger partial charge in [0.25, 0.3) is 5.91 Å². The fraction of sp³-hybridized carbons (Fsp3) is 0.538. The van der Waals surface area contributed by atoms with Crippen LogP contribution in [-0.4, -0.2) is 22.8 Å². The number of rotatable bonds is 6. The molecule has 0 spiro atoms. The number of alkyl halides is 1. The quantitative estimate of drug-likeness (QED) is 0.794. The zero-order valence-electron chi connectivity index (χ0n) is 10.3. The third-order valence-corrected chi connectivity index (χ3v) is 3.45. The summed E-state index contributed by atoms with van der Waals surface area (Å²) in [6.07, 6.45) is 5.27. The van der Waals surface area contributed by atoms with E-state index in [1.54, 1.807) is 24.5 Å². The second kappa shape index (κ2) is 7.28. The van der Waals surface area contributed by atoms with Gasteiger partial charge in [-0.2, -0.15) is 0 Å². The van der Waals surface area contributed by atoms with Gasteiger partial charge in [0.2, 0.25) is 0 Å². The van der Waals surface area contributed by atoms with Crippen molar-refractivity contribution in [2.75, 3.05) is 6.54 Å². The molecule has 17 heavy (non-hydrogen) atoms. The number of carbonyl (C=O) groups is 1. The lowest BCUT2D eigenvalue weighted by Crippen LogP contribution is -2.33. The first-order valence-corrected chi connectivity index (χ1v) is 6.45. The van der Waals surface area contributed by atoms with E-state index in [9.17, 15) is 4.79 Å². The number of halogens is 1. The number of carbonyl (C=O) groups excluding carboxylic acids is 1. The molecule has 0 saturated heterocycles. The maximum atomic E-state index is 11.7. The van der Waals surface area contributed by atoms with Crippen LogP contribution in [0.25, 0.3) is 0 Å². The Morgan fingerprint density at radius 3 is 2.71 bits per heavy atom. The van der Waals surface area contributed by atoms with Crippen LogP contribution in [-0.2, 0) is 0 Å². The van der Waals surface area contributed by atoms with Crippen LogP contribution in [0.1, 0.15) is 37.0 Å². The second-order valence-corrected chi connectivity index (χ2v) is 4.60. The lowest BCUT2D eigenvalue weighted by Gasteiger charge is -2.19. The maximum absolute atomic E-state index is 11.7. The molecule has 0 aliphatic heterocycles. The van der Waals surface area contributed by atoms with E-state index < -0.39 is 0 Å². The molecule has 4 heteroatoms.